The first-order chi connectivity index (χ1) is 21.5. The fourth-order valence-electron chi connectivity index (χ4n) is 5.87. The molecule has 1 aromatic carbocycles. The number of aromatic nitrogens is 5. The number of nitrogens with one attached hydrogen (secondary N) is 3. The van der Waals surface area contributed by atoms with Crippen molar-refractivity contribution in [3.8, 4) is 22.6 Å². The van der Waals surface area contributed by atoms with Gasteiger partial charge in [-0.15, -0.1) is 11.3 Å². The number of rotatable bonds is 7. The molecule has 2 aliphatic rings. The lowest BCUT2D eigenvalue weighted by Gasteiger charge is -2.36. The molecule has 13 heteroatoms. The van der Waals surface area contributed by atoms with E-state index >= 15 is 0 Å². The van der Waals surface area contributed by atoms with E-state index in [4.69, 9.17) is 0 Å². The summed E-state index contributed by atoms with van der Waals surface area (Å²) in [6.45, 7) is 4.66. The highest BCUT2D eigenvalue weighted by Gasteiger charge is 2.29. The summed E-state index contributed by atoms with van der Waals surface area (Å²) in [7, 11) is 0. The van der Waals surface area contributed by atoms with Crippen LogP contribution in [0.2, 0.25) is 0 Å². The van der Waals surface area contributed by atoms with Crippen LogP contribution in [0, 0.1) is 0 Å². The zero-order valence-corrected chi connectivity index (χ0v) is 24.7. The smallest absolute Gasteiger partial charge is 0.261 e. The molecular formula is C31H31N9O3S. The van der Waals surface area contributed by atoms with Crippen molar-refractivity contribution in [2.75, 3.05) is 50.7 Å². The van der Waals surface area contributed by atoms with Crippen molar-refractivity contribution in [3.05, 3.63) is 82.4 Å². The van der Waals surface area contributed by atoms with Crippen molar-refractivity contribution in [1.82, 2.24) is 40.3 Å². The third kappa shape index (κ3) is 5.83. The molecule has 0 aliphatic carbocycles. The van der Waals surface area contributed by atoms with Crippen LogP contribution in [0.3, 0.4) is 0 Å². The number of carbonyl (C=O) groups is 2. The lowest BCUT2D eigenvalue weighted by Crippen LogP contribution is -2.51. The van der Waals surface area contributed by atoms with Gasteiger partial charge in [0, 0.05) is 92.2 Å². The lowest BCUT2D eigenvalue weighted by molar-refractivity contribution is -0.132. The van der Waals surface area contributed by atoms with Crippen molar-refractivity contribution >= 4 is 39.1 Å². The number of carbonyl (C=O) groups excluding carboxylic acids is 2. The zero-order chi connectivity index (χ0) is 30.0. The van der Waals surface area contributed by atoms with E-state index in [-0.39, 0.29) is 23.4 Å². The van der Waals surface area contributed by atoms with E-state index in [0.29, 0.717) is 48.1 Å². The maximum Gasteiger partial charge on any atom is 0.261 e. The van der Waals surface area contributed by atoms with Crippen molar-refractivity contribution in [2.45, 2.75) is 12.5 Å². The summed E-state index contributed by atoms with van der Waals surface area (Å²) < 4.78 is 0. The van der Waals surface area contributed by atoms with Gasteiger partial charge in [0.25, 0.3) is 5.91 Å². The van der Waals surface area contributed by atoms with E-state index in [1.165, 1.54) is 17.4 Å². The molecule has 12 nitrogen and oxygen atoms in total. The minimum Gasteiger partial charge on any atom is -0.368 e. The molecule has 0 spiro atoms. The summed E-state index contributed by atoms with van der Waals surface area (Å²) in [5.74, 6) is 0.688. The second-order valence-corrected chi connectivity index (χ2v) is 12.1. The van der Waals surface area contributed by atoms with Crippen molar-refractivity contribution in [2.24, 2.45) is 0 Å². The van der Waals surface area contributed by atoms with Gasteiger partial charge in [-0.3, -0.25) is 24.4 Å². The van der Waals surface area contributed by atoms with E-state index in [1.807, 2.05) is 23.1 Å². The molecule has 4 aromatic heterocycles. The third-order valence-corrected chi connectivity index (χ3v) is 9.22. The van der Waals surface area contributed by atoms with Crippen LogP contribution in [0.4, 0.5) is 5.69 Å². The van der Waals surface area contributed by atoms with Gasteiger partial charge in [0.1, 0.15) is 10.5 Å². The van der Waals surface area contributed by atoms with Crippen LogP contribution in [0.25, 0.3) is 32.9 Å². The Morgan fingerprint density at radius 3 is 2.55 bits per heavy atom. The number of anilines is 1. The number of piperazine rings is 1. The van der Waals surface area contributed by atoms with Gasteiger partial charge < -0.3 is 20.1 Å². The molecule has 6 heterocycles. The van der Waals surface area contributed by atoms with Crippen LogP contribution in [-0.4, -0.2) is 98.6 Å². The predicted octanol–water partition coefficient (Wildman–Crippen LogP) is 2.59. The Kier molecular flexibility index (Phi) is 7.62. The van der Waals surface area contributed by atoms with E-state index in [0.717, 1.165) is 47.5 Å². The van der Waals surface area contributed by atoms with Gasteiger partial charge in [-0.05, 0) is 48.9 Å². The lowest BCUT2D eigenvalue weighted by atomic mass is 10.1. The Morgan fingerprint density at radius 1 is 0.977 bits per heavy atom. The Morgan fingerprint density at radius 2 is 1.77 bits per heavy atom. The number of H-pyrrole nitrogens is 2. The molecule has 2 fully saturated rings. The molecule has 0 saturated carbocycles. The fourth-order valence-corrected chi connectivity index (χ4v) is 6.77. The van der Waals surface area contributed by atoms with Gasteiger partial charge in [0.15, 0.2) is 5.82 Å². The highest BCUT2D eigenvalue weighted by Crippen LogP contribution is 2.32. The Balaban J connectivity index is 0.890. The second-order valence-electron chi connectivity index (χ2n) is 11.0. The summed E-state index contributed by atoms with van der Waals surface area (Å²) in [6, 6.07) is 15.1. The molecule has 1 atom stereocenters. The van der Waals surface area contributed by atoms with Crippen LogP contribution >= 0.6 is 11.3 Å². The number of fused-ring (bicyclic) bond motifs is 1. The SMILES string of the molecule is O=C(N[C@@H]1CCN(CC(=O)N2CCN(c3ccc(-c4ncccn4)cc3)CC2)C1)c1cc2c(-c3cc[nH]c(=O)c3)n[nH]c2s1. The third-order valence-electron chi connectivity index (χ3n) is 8.18. The van der Waals surface area contributed by atoms with Crippen LogP contribution in [0.5, 0.6) is 0 Å². The molecular weight excluding hydrogens is 578 g/mol. The standard InChI is InChI=1S/C31H31N9O3S/c41-26-16-21(6-10-32-26)28-24-17-25(44-31(24)37-36-28)30(43)35-22-7-11-38(18-22)19-27(42)40-14-12-39(13-15-40)23-4-2-20(3-5-23)29-33-8-1-9-34-29/h1-6,8-10,16-17,22H,7,11-15,18-19H2,(H,32,41)(H,35,43)(H,36,37)/t22-/m1/s1. The number of amides is 2. The maximum absolute atomic E-state index is 13.1. The number of likely N-dealkylation sites (tertiary alicyclic amines) is 1. The molecule has 0 bridgehead atoms. The Hall–Kier alpha value is -4.88. The first kappa shape index (κ1) is 27.9. The Bertz CT molecular complexity index is 1840. The quantitative estimate of drug-likeness (QED) is 0.256. The van der Waals surface area contributed by atoms with Crippen LogP contribution in [-0.2, 0) is 4.79 Å². The van der Waals surface area contributed by atoms with Gasteiger partial charge in [-0.2, -0.15) is 5.10 Å². The van der Waals surface area contributed by atoms with E-state index in [9.17, 15) is 14.4 Å². The summed E-state index contributed by atoms with van der Waals surface area (Å²) in [5, 5.41) is 11.2. The van der Waals surface area contributed by atoms with Gasteiger partial charge in [0.05, 0.1) is 11.4 Å². The predicted molar refractivity (Wildman–Crippen MR) is 169 cm³/mol. The second kappa shape index (κ2) is 12.0. The summed E-state index contributed by atoms with van der Waals surface area (Å²) in [5.41, 5.74) is 3.23. The molecule has 0 radical (unpaired) electrons. The van der Waals surface area contributed by atoms with Crippen molar-refractivity contribution < 1.29 is 9.59 Å². The Labute approximate surface area is 256 Å². The van der Waals surface area contributed by atoms with Crippen LogP contribution < -0.4 is 15.8 Å². The zero-order valence-electron chi connectivity index (χ0n) is 23.9. The molecule has 2 aliphatic heterocycles. The maximum atomic E-state index is 13.1. The highest BCUT2D eigenvalue weighted by molar-refractivity contribution is 7.20. The number of thiophene rings is 1. The van der Waals surface area contributed by atoms with E-state index in [2.05, 4.69) is 52.4 Å². The van der Waals surface area contributed by atoms with Gasteiger partial charge in [-0.1, -0.05) is 0 Å². The topological polar surface area (TPSA) is 143 Å². The highest BCUT2D eigenvalue weighted by atomic mass is 32.1. The minimum absolute atomic E-state index is 0.0258. The number of pyridine rings is 1. The van der Waals surface area contributed by atoms with E-state index in [1.54, 1.807) is 30.7 Å². The molecule has 7 rings (SSSR count). The van der Waals surface area contributed by atoms with Crippen LogP contribution in [0.15, 0.2) is 71.9 Å². The first-order valence-electron chi connectivity index (χ1n) is 14.6. The number of hydrogen-bond acceptors (Lipinski definition) is 9. The monoisotopic (exact) mass is 609 g/mol. The average molecular weight is 610 g/mol. The van der Waals surface area contributed by atoms with Crippen molar-refractivity contribution in [1.29, 1.82) is 0 Å². The van der Waals surface area contributed by atoms with Gasteiger partial charge in [0.2, 0.25) is 11.5 Å². The fraction of sp³-hybridized carbons (Fsp3) is 0.290. The molecule has 44 heavy (non-hydrogen) atoms. The summed E-state index contributed by atoms with van der Waals surface area (Å²) in [4.78, 5) is 56.9. The summed E-state index contributed by atoms with van der Waals surface area (Å²) >= 11 is 1.34. The number of nitrogens with zero attached hydrogens (tertiary/aromatic N) is 6. The largest absolute Gasteiger partial charge is 0.368 e. The number of benzene rings is 1. The molecule has 2 saturated heterocycles. The van der Waals surface area contributed by atoms with Crippen molar-refractivity contribution in [3.63, 3.8) is 0 Å². The molecule has 2 amide bonds. The number of aromatic amines is 2. The molecule has 224 valence electrons. The van der Waals surface area contributed by atoms with Gasteiger partial charge in [-0.25, -0.2) is 9.97 Å². The average Bonchev–Trinajstić information content (AvgIpc) is 3.78. The molecule has 0 unspecified atom stereocenters. The minimum atomic E-state index is -0.209. The van der Waals surface area contributed by atoms with Gasteiger partial charge >= 0.3 is 0 Å². The molecule has 5 aromatic rings. The molecule has 3 N–H and O–H groups in total. The summed E-state index contributed by atoms with van der Waals surface area (Å²) in [6.07, 6.45) is 5.85. The first-order valence-corrected chi connectivity index (χ1v) is 15.4. The number of hydrogen-bond donors (Lipinski definition) is 3. The van der Waals surface area contributed by atoms with Crippen LogP contribution in [0.1, 0.15) is 16.1 Å². The normalized spacial score (nSPS) is 17.3. The van der Waals surface area contributed by atoms with E-state index < -0.39 is 0 Å².